The van der Waals surface area contributed by atoms with Crippen molar-refractivity contribution >= 4 is 22.7 Å². The van der Waals surface area contributed by atoms with Crippen molar-refractivity contribution in [2.24, 2.45) is 0 Å². The number of aromatic amines is 1. The highest BCUT2D eigenvalue weighted by Crippen LogP contribution is 2.25. The number of carbonyl (C=O) groups is 2. The van der Waals surface area contributed by atoms with Gasteiger partial charge in [-0.2, -0.15) is 0 Å². The Bertz CT molecular complexity index is 1230. The fraction of sp³-hybridized carbons (Fsp3) is 0.0909. The van der Waals surface area contributed by atoms with Gasteiger partial charge in [-0.25, -0.2) is 14.6 Å². The van der Waals surface area contributed by atoms with E-state index in [9.17, 15) is 14.7 Å². The number of rotatable bonds is 5. The Morgan fingerprint density at radius 3 is 2.52 bits per heavy atom. The molecule has 0 aliphatic carbocycles. The van der Waals surface area contributed by atoms with Crippen molar-refractivity contribution in [3.05, 3.63) is 72.1 Å². The molecule has 4 rings (SSSR count). The van der Waals surface area contributed by atoms with Gasteiger partial charge < -0.3 is 14.8 Å². The molecule has 7 heteroatoms. The van der Waals surface area contributed by atoms with Gasteiger partial charge in [0.15, 0.2) is 5.82 Å². The Morgan fingerprint density at radius 1 is 1.00 bits per heavy atom. The van der Waals surface area contributed by atoms with Crippen LogP contribution in [0, 0.1) is 0 Å². The normalized spacial score (nSPS) is 10.8. The lowest BCUT2D eigenvalue weighted by Crippen LogP contribution is -2.07. The summed E-state index contributed by atoms with van der Waals surface area (Å²) >= 11 is 0. The van der Waals surface area contributed by atoms with Gasteiger partial charge in [-0.1, -0.05) is 24.3 Å². The van der Waals surface area contributed by atoms with Crippen LogP contribution < -0.4 is 0 Å². The molecule has 29 heavy (non-hydrogen) atoms. The Labute approximate surface area is 166 Å². The molecule has 2 N–H and O–H groups in total. The standard InChI is InChI=1S/C22H17N3O4/c1-2-29-22(28)17-8-15(7-16(9-17)21(26)27)19-12-24-20(25-19)18-10-13-5-3-4-6-14(13)11-23-18/h3-12H,2H2,1H3,(H,24,25)(H,26,27). The van der Waals surface area contributed by atoms with E-state index in [0.29, 0.717) is 22.8 Å². The molecule has 7 nitrogen and oxygen atoms in total. The second-order valence-electron chi connectivity index (χ2n) is 6.39. The van der Waals surface area contributed by atoms with Crippen LogP contribution in [0.3, 0.4) is 0 Å². The highest BCUT2D eigenvalue weighted by Gasteiger charge is 2.16. The number of H-pyrrole nitrogens is 1. The molecule has 144 valence electrons. The summed E-state index contributed by atoms with van der Waals surface area (Å²) in [5, 5.41) is 11.4. The van der Waals surface area contributed by atoms with E-state index in [1.807, 2.05) is 30.3 Å². The number of benzene rings is 2. The first kappa shape index (κ1) is 18.4. The minimum atomic E-state index is -1.13. The van der Waals surface area contributed by atoms with Gasteiger partial charge in [0.1, 0.15) is 5.69 Å². The molecular weight excluding hydrogens is 370 g/mol. The number of hydrogen-bond donors (Lipinski definition) is 2. The van der Waals surface area contributed by atoms with Crippen molar-refractivity contribution in [3.63, 3.8) is 0 Å². The van der Waals surface area contributed by atoms with Crippen LogP contribution in [0.2, 0.25) is 0 Å². The number of pyridine rings is 1. The minimum Gasteiger partial charge on any atom is -0.478 e. The number of aromatic carboxylic acids is 1. The van der Waals surface area contributed by atoms with Crippen LogP contribution in [-0.2, 0) is 4.74 Å². The topological polar surface area (TPSA) is 105 Å². The van der Waals surface area contributed by atoms with Crippen LogP contribution in [0.4, 0.5) is 0 Å². The number of aromatic nitrogens is 3. The fourth-order valence-electron chi connectivity index (χ4n) is 3.05. The molecule has 0 spiro atoms. The quantitative estimate of drug-likeness (QED) is 0.498. The molecule has 0 saturated heterocycles. The van der Waals surface area contributed by atoms with Crippen molar-refractivity contribution in [3.8, 4) is 22.8 Å². The average molecular weight is 387 g/mol. The maximum absolute atomic E-state index is 12.1. The molecule has 0 unspecified atom stereocenters. The van der Waals surface area contributed by atoms with Gasteiger partial charge in [0.05, 0.1) is 29.6 Å². The molecule has 0 fully saturated rings. The number of imidazole rings is 1. The van der Waals surface area contributed by atoms with Gasteiger partial charge in [-0.3, -0.25) is 4.98 Å². The number of nitrogens with zero attached hydrogens (tertiary/aromatic N) is 2. The first-order chi connectivity index (χ1) is 14.0. The van der Waals surface area contributed by atoms with E-state index in [2.05, 4.69) is 15.0 Å². The van der Waals surface area contributed by atoms with E-state index >= 15 is 0 Å². The number of nitrogens with one attached hydrogen (secondary N) is 1. The smallest absolute Gasteiger partial charge is 0.338 e. The molecule has 0 atom stereocenters. The van der Waals surface area contributed by atoms with E-state index in [0.717, 1.165) is 10.8 Å². The van der Waals surface area contributed by atoms with Gasteiger partial charge in [0.2, 0.25) is 0 Å². The first-order valence-electron chi connectivity index (χ1n) is 9.01. The van der Waals surface area contributed by atoms with Gasteiger partial charge in [-0.05, 0) is 36.6 Å². The zero-order valence-electron chi connectivity index (χ0n) is 15.5. The molecule has 0 aliphatic heterocycles. The zero-order valence-corrected chi connectivity index (χ0v) is 15.5. The number of carboxylic acids is 1. The molecule has 4 aromatic rings. The molecule has 2 aromatic heterocycles. The van der Waals surface area contributed by atoms with Crippen LogP contribution in [0.1, 0.15) is 27.6 Å². The Kier molecular flexibility index (Phi) is 4.78. The third kappa shape index (κ3) is 3.70. The molecule has 2 heterocycles. The molecule has 0 aliphatic rings. The summed E-state index contributed by atoms with van der Waals surface area (Å²) in [6, 6.07) is 14.2. The molecule has 0 amide bonds. The summed E-state index contributed by atoms with van der Waals surface area (Å²) in [6.45, 7) is 1.89. The van der Waals surface area contributed by atoms with Crippen molar-refractivity contribution in [1.82, 2.24) is 15.0 Å². The summed E-state index contributed by atoms with van der Waals surface area (Å²) in [5.74, 6) is -1.16. The lowest BCUT2D eigenvalue weighted by atomic mass is 10.0. The predicted octanol–water partition coefficient (Wildman–Crippen LogP) is 4.17. The highest BCUT2D eigenvalue weighted by atomic mass is 16.5. The Balaban J connectivity index is 1.74. The van der Waals surface area contributed by atoms with E-state index in [4.69, 9.17) is 4.74 Å². The second kappa shape index (κ2) is 7.55. The van der Waals surface area contributed by atoms with Crippen molar-refractivity contribution in [2.75, 3.05) is 6.61 Å². The van der Waals surface area contributed by atoms with Gasteiger partial charge >= 0.3 is 11.9 Å². The number of fused-ring (bicyclic) bond motifs is 1. The average Bonchev–Trinajstić information content (AvgIpc) is 3.23. The molecule has 0 radical (unpaired) electrons. The molecule has 0 bridgehead atoms. The molecule has 2 aromatic carbocycles. The Hall–Kier alpha value is -4.00. The van der Waals surface area contributed by atoms with Crippen molar-refractivity contribution < 1.29 is 19.4 Å². The molecular formula is C22H17N3O4. The second-order valence-corrected chi connectivity index (χ2v) is 6.39. The van der Waals surface area contributed by atoms with Gasteiger partial charge in [-0.15, -0.1) is 0 Å². The summed E-state index contributed by atoms with van der Waals surface area (Å²) in [4.78, 5) is 35.6. The van der Waals surface area contributed by atoms with Crippen molar-refractivity contribution in [2.45, 2.75) is 6.92 Å². The maximum atomic E-state index is 12.1. The van der Waals surface area contributed by atoms with Crippen LogP contribution in [0.5, 0.6) is 0 Å². The third-order valence-corrected chi connectivity index (χ3v) is 4.45. The minimum absolute atomic E-state index is 0.00877. The zero-order chi connectivity index (χ0) is 20.4. The van der Waals surface area contributed by atoms with Gasteiger partial charge in [0, 0.05) is 17.1 Å². The molecule has 0 saturated carbocycles. The summed E-state index contributed by atoms with van der Waals surface area (Å²) < 4.78 is 5.00. The SMILES string of the molecule is CCOC(=O)c1cc(C(=O)O)cc(-c2cnc(-c3cc4ccccc4cn3)[nH]2)c1. The fourth-order valence-corrected chi connectivity index (χ4v) is 3.05. The third-order valence-electron chi connectivity index (χ3n) is 4.45. The van der Waals surface area contributed by atoms with Crippen LogP contribution in [0.15, 0.2) is 60.9 Å². The van der Waals surface area contributed by atoms with E-state index in [1.54, 1.807) is 25.4 Å². The van der Waals surface area contributed by atoms with E-state index < -0.39 is 11.9 Å². The lowest BCUT2D eigenvalue weighted by Gasteiger charge is -2.06. The monoisotopic (exact) mass is 387 g/mol. The number of ether oxygens (including phenoxy) is 1. The number of esters is 1. The lowest BCUT2D eigenvalue weighted by molar-refractivity contribution is 0.0526. The van der Waals surface area contributed by atoms with Gasteiger partial charge in [0.25, 0.3) is 0 Å². The van der Waals surface area contributed by atoms with Crippen molar-refractivity contribution in [1.29, 1.82) is 0 Å². The van der Waals surface area contributed by atoms with Crippen LogP contribution >= 0.6 is 0 Å². The van der Waals surface area contributed by atoms with E-state index in [1.165, 1.54) is 12.1 Å². The summed E-state index contributed by atoms with van der Waals surface area (Å²) in [7, 11) is 0. The number of carbonyl (C=O) groups excluding carboxylic acids is 1. The maximum Gasteiger partial charge on any atom is 0.338 e. The Morgan fingerprint density at radius 2 is 1.76 bits per heavy atom. The summed E-state index contributed by atoms with van der Waals surface area (Å²) in [6.07, 6.45) is 3.36. The van der Waals surface area contributed by atoms with Crippen LogP contribution in [0.25, 0.3) is 33.5 Å². The summed E-state index contributed by atoms with van der Waals surface area (Å²) in [5.41, 5.74) is 1.92. The largest absolute Gasteiger partial charge is 0.478 e. The predicted molar refractivity (Wildman–Crippen MR) is 108 cm³/mol. The first-order valence-corrected chi connectivity index (χ1v) is 9.01. The van der Waals surface area contributed by atoms with Crippen LogP contribution in [-0.4, -0.2) is 38.6 Å². The number of hydrogen-bond acceptors (Lipinski definition) is 5. The highest BCUT2D eigenvalue weighted by molar-refractivity contribution is 5.96. The number of carboxylic acid groups (broad SMARTS) is 1. The van der Waals surface area contributed by atoms with E-state index in [-0.39, 0.29) is 17.7 Å².